The first kappa shape index (κ1) is 13.1. The summed E-state index contributed by atoms with van der Waals surface area (Å²) in [5.74, 6) is 0. The van der Waals surface area contributed by atoms with Crippen LogP contribution in [0.25, 0.3) is 0 Å². The third-order valence-electron chi connectivity index (χ3n) is 2.29. The lowest BCUT2D eigenvalue weighted by molar-refractivity contribution is 0.195. The molecule has 0 unspecified atom stereocenters. The third kappa shape index (κ3) is 3.26. The van der Waals surface area contributed by atoms with E-state index < -0.39 is 0 Å². The van der Waals surface area contributed by atoms with Gasteiger partial charge in [0.25, 0.3) is 0 Å². The summed E-state index contributed by atoms with van der Waals surface area (Å²) in [5.41, 5.74) is 3.38. The molecule has 0 aromatic carbocycles. The number of hydrogen-bond acceptors (Lipinski definition) is 2. The van der Waals surface area contributed by atoms with E-state index in [4.69, 9.17) is 4.74 Å². The molecule has 0 saturated heterocycles. The molecule has 15 heavy (non-hydrogen) atoms. The van der Waals surface area contributed by atoms with Crippen LogP contribution in [-0.2, 0) is 11.2 Å². The predicted molar refractivity (Wildman–Crippen MR) is 69.3 cm³/mol. The quantitative estimate of drug-likeness (QED) is 0.780. The molecule has 0 amide bonds. The molecule has 0 N–H and O–H groups in total. The molecule has 0 fully saturated rings. The number of methoxy groups -OCH3 is 1. The molecule has 0 atom stereocenters. The Morgan fingerprint density at radius 3 is 2.47 bits per heavy atom. The van der Waals surface area contributed by atoms with E-state index in [0.717, 1.165) is 39.8 Å². The van der Waals surface area contributed by atoms with Crippen molar-refractivity contribution in [2.24, 2.45) is 0 Å². The predicted octanol–water partition coefficient (Wildman–Crippen LogP) is 3.80. The summed E-state index contributed by atoms with van der Waals surface area (Å²) in [6, 6.07) is 0. The zero-order valence-corrected chi connectivity index (χ0v) is 12.4. The molecule has 0 spiro atoms. The van der Waals surface area contributed by atoms with Gasteiger partial charge in [-0.15, -0.1) is 0 Å². The Hall–Kier alpha value is 0.0700. The topological polar surface area (TPSA) is 22.1 Å². The van der Waals surface area contributed by atoms with Crippen molar-refractivity contribution in [1.29, 1.82) is 0 Å². The molecular formula is C11H15Br2NO. The lowest BCUT2D eigenvalue weighted by Crippen LogP contribution is -2.00. The summed E-state index contributed by atoms with van der Waals surface area (Å²) in [5, 5.41) is 0. The van der Waals surface area contributed by atoms with Gasteiger partial charge in [-0.05, 0) is 64.1 Å². The number of pyridine rings is 1. The largest absolute Gasteiger partial charge is 0.385 e. The van der Waals surface area contributed by atoms with Crippen molar-refractivity contribution in [3.63, 3.8) is 0 Å². The highest BCUT2D eigenvalue weighted by atomic mass is 79.9. The van der Waals surface area contributed by atoms with E-state index in [-0.39, 0.29) is 0 Å². The number of hydrogen-bond donors (Lipinski definition) is 0. The van der Waals surface area contributed by atoms with Crippen LogP contribution in [0.15, 0.2) is 8.95 Å². The fraction of sp³-hybridized carbons (Fsp3) is 0.545. The van der Waals surface area contributed by atoms with E-state index in [1.807, 2.05) is 6.92 Å². The van der Waals surface area contributed by atoms with Crippen LogP contribution in [-0.4, -0.2) is 18.7 Å². The minimum Gasteiger partial charge on any atom is -0.385 e. The van der Waals surface area contributed by atoms with Crippen LogP contribution in [0.3, 0.4) is 0 Å². The highest BCUT2D eigenvalue weighted by Crippen LogP contribution is 2.29. The average Bonchev–Trinajstić information content (AvgIpc) is 2.23. The highest BCUT2D eigenvalue weighted by molar-refractivity contribution is 9.11. The lowest BCUT2D eigenvalue weighted by atomic mass is 10.1. The SMILES string of the molecule is COCCCc1nc(C)c(Br)c(C)c1Br. The highest BCUT2D eigenvalue weighted by Gasteiger charge is 2.10. The third-order valence-corrected chi connectivity index (χ3v) is 4.52. The van der Waals surface area contributed by atoms with Crippen LogP contribution >= 0.6 is 31.9 Å². The van der Waals surface area contributed by atoms with Crippen molar-refractivity contribution in [2.45, 2.75) is 26.7 Å². The van der Waals surface area contributed by atoms with E-state index >= 15 is 0 Å². The number of ether oxygens (including phenoxy) is 1. The maximum Gasteiger partial charge on any atom is 0.0553 e. The second kappa shape index (κ2) is 5.97. The Balaban J connectivity index is 2.89. The first-order chi connectivity index (χ1) is 7.07. The Bertz CT molecular complexity index is 353. The monoisotopic (exact) mass is 335 g/mol. The molecule has 0 aliphatic rings. The minimum absolute atomic E-state index is 0.780. The van der Waals surface area contributed by atoms with Gasteiger partial charge in [-0.25, -0.2) is 0 Å². The Labute approximate surface area is 108 Å². The van der Waals surface area contributed by atoms with E-state index in [9.17, 15) is 0 Å². The van der Waals surface area contributed by atoms with Gasteiger partial charge in [0, 0.05) is 22.7 Å². The van der Waals surface area contributed by atoms with Crippen molar-refractivity contribution >= 4 is 31.9 Å². The van der Waals surface area contributed by atoms with Crippen LogP contribution in [0.4, 0.5) is 0 Å². The molecule has 0 bridgehead atoms. The normalized spacial score (nSPS) is 10.7. The van der Waals surface area contributed by atoms with E-state index in [0.29, 0.717) is 0 Å². The van der Waals surface area contributed by atoms with Gasteiger partial charge in [0.05, 0.1) is 11.4 Å². The number of rotatable bonds is 4. The fourth-order valence-corrected chi connectivity index (χ4v) is 2.47. The molecule has 4 heteroatoms. The lowest BCUT2D eigenvalue weighted by Gasteiger charge is -2.10. The summed E-state index contributed by atoms with van der Waals surface area (Å²) >= 11 is 7.11. The Kier molecular flexibility index (Phi) is 5.23. The molecule has 1 aromatic heterocycles. The van der Waals surface area contributed by atoms with Crippen LogP contribution in [0.2, 0.25) is 0 Å². The molecule has 0 aliphatic heterocycles. The van der Waals surface area contributed by atoms with Crippen molar-refractivity contribution in [3.8, 4) is 0 Å². The Morgan fingerprint density at radius 2 is 1.87 bits per heavy atom. The van der Waals surface area contributed by atoms with Gasteiger partial charge >= 0.3 is 0 Å². The number of aryl methyl sites for hydroxylation is 2. The van der Waals surface area contributed by atoms with Crippen molar-refractivity contribution < 1.29 is 4.74 Å². The first-order valence-electron chi connectivity index (χ1n) is 4.88. The van der Waals surface area contributed by atoms with Crippen LogP contribution in [0.5, 0.6) is 0 Å². The fourth-order valence-electron chi connectivity index (χ4n) is 1.43. The maximum absolute atomic E-state index is 5.04. The number of nitrogens with zero attached hydrogens (tertiary/aromatic N) is 1. The summed E-state index contributed by atoms with van der Waals surface area (Å²) < 4.78 is 7.23. The van der Waals surface area contributed by atoms with Gasteiger partial charge < -0.3 is 4.74 Å². The first-order valence-corrected chi connectivity index (χ1v) is 6.46. The summed E-state index contributed by atoms with van der Waals surface area (Å²) in [6.45, 7) is 4.88. The van der Waals surface area contributed by atoms with Gasteiger partial charge in [0.1, 0.15) is 0 Å². The molecule has 1 rings (SSSR count). The van der Waals surface area contributed by atoms with E-state index in [1.165, 1.54) is 5.56 Å². The summed E-state index contributed by atoms with van der Waals surface area (Å²) in [7, 11) is 1.72. The van der Waals surface area contributed by atoms with Crippen LogP contribution in [0.1, 0.15) is 23.4 Å². The van der Waals surface area contributed by atoms with Crippen molar-refractivity contribution in [2.75, 3.05) is 13.7 Å². The number of aromatic nitrogens is 1. The zero-order chi connectivity index (χ0) is 11.4. The standard InChI is InChI=1S/C11H15Br2NO/c1-7-10(12)8(2)14-9(11(7)13)5-4-6-15-3/h4-6H2,1-3H3. The number of halogens is 2. The van der Waals surface area contributed by atoms with Gasteiger partial charge in [-0.2, -0.15) is 0 Å². The van der Waals surface area contributed by atoms with Crippen molar-refractivity contribution in [3.05, 3.63) is 25.9 Å². The van der Waals surface area contributed by atoms with E-state index in [2.05, 4.69) is 43.8 Å². The molecular weight excluding hydrogens is 322 g/mol. The van der Waals surface area contributed by atoms with Gasteiger partial charge in [-0.3, -0.25) is 4.98 Å². The van der Waals surface area contributed by atoms with E-state index in [1.54, 1.807) is 7.11 Å². The average molecular weight is 337 g/mol. The maximum atomic E-state index is 5.04. The molecule has 1 aromatic rings. The molecule has 2 nitrogen and oxygen atoms in total. The van der Waals surface area contributed by atoms with Gasteiger partial charge in [0.15, 0.2) is 0 Å². The zero-order valence-electron chi connectivity index (χ0n) is 9.23. The molecule has 0 radical (unpaired) electrons. The molecule has 1 heterocycles. The molecule has 0 aliphatic carbocycles. The van der Waals surface area contributed by atoms with Crippen LogP contribution in [0, 0.1) is 13.8 Å². The second-order valence-corrected chi connectivity index (χ2v) is 5.08. The molecule has 84 valence electrons. The van der Waals surface area contributed by atoms with Gasteiger partial charge in [0.2, 0.25) is 0 Å². The van der Waals surface area contributed by atoms with Crippen LogP contribution < -0.4 is 0 Å². The van der Waals surface area contributed by atoms with Gasteiger partial charge in [-0.1, -0.05) is 0 Å². The Morgan fingerprint density at radius 1 is 1.20 bits per heavy atom. The minimum atomic E-state index is 0.780. The van der Waals surface area contributed by atoms with Crippen molar-refractivity contribution in [1.82, 2.24) is 4.98 Å². The molecule has 0 saturated carbocycles. The second-order valence-electron chi connectivity index (χ2n) is 3.49. The smallest absolute Gasteiger partial charge is 0.0553 e. The summed E-state index contributed by atoms with van der Waals surface area (Å²) in [4.78, 5) is 4.56. The summed E-state index contributed by atoms with van der Waals surface area (Å²) in [6.07, 6.45) is 1.95.